The number of carbonyl (C=O) groups excluding carboxylic acids is 1. The smallest absolute Gasteiger partial charge is 0.335 e. The van der Waals surface area contributed by atoms with Crippen LogP contribution in [-0.2, 0) is 0 Å². The van der Waals surface area contributed by atoms with E-state index in [2.05, 4.69) is 5.32 Å². The van der Waals surface area contributed by atoms with Crippen LogP contribution in [0, 0.1) is 0 Å². The number of carbonyl (C=O) groups is 2. The Balaban J connectivity index is 2.54. The van der Waals surface area contributed by atoms with Crippen molar-refractivity contribution in [3.63, 3.8) is 0 Å². The lowest BCUT2D eigenvalue weighted by molar-refractivity contribution is 0.0697. The number of nitrogens with zero attached hydrogens (tertiary/aromatic N) is 1. The Kier molecular flexibility index (Phi) is 1.81. The van der Waals surface area contributed by atoms with Gasteiger partial charge in [0.05, 0.1) is 11.3 Å². The first-order valence-electron chi connectivity index (χ1n) is 3.97. The van der Waals surface area contributed by atoms with E-state index in [1.165, 1.54) is 30.5 Å². The van der Waals surface area contributed by atoms with E-state index in [0.717, 1.165) is 0 Å². The quantitative estimate of drug-likeness (QED) is 0.722. The molecule has 0 saturated carbocycles. The summed E-state index contributed by atoms with van der Waals surface area (Å²) < 4.78 is 0. The van der Waals surface area contributed by atoms with E-state index in [4.69, 9.17) is 5.11 Å². The molecule has 1 radical (unpaired) electrons. The van der Waals surface area contributed by atoms with Gasteiger partial charge < -0.3 is 5.11 Å². The van der Waals surface area contributed by atoms with E-state index in [0.29, 0.717) is 11.3 Å². The van der Waals surface area contributed by atoms with Crippen LogP contribution in [0.3, 0.4) is 0 Å². The molecule has 1 aliphatic heterocycles. The minimum Gasteiger partial charge on any atom is -0.478 e. The number of aromatic carboxylic acids is 1. The molecule has 0 spiro atoms. The highest BCUT2D eigenvalue weighted by molar-refractivity contribution is 6.10. The Morgan fingerprint density at radius 3 is 2.86 bits per heavy atom. The molecule has 1 N–H and O–H groups in total. The molecule has 0 aliphatic carbocycles. The minimum absolute atomic E-state index is 0.0996. The van der Waals surface area contributed by atoms with Crippen LogP contribution in [0.2, 0.25) is 0 Å². The first kappa shape index (κ1) is 8.50. The molecule has 0 aromatic heterocycles. The number of hydrogen-bond donors (Lipinski definition) is 1. The third-order valence-corrected chi connectivity index (χ3v) is 1.95. The fraction of sp³-hybridized carbons (Fsp3) is 0. The second-order valence-corrected chi connectivity index (χ2v) is 2.85. The minimum atomic E-state index is -1.05. The maximum Gasteiger partial charge on any atom is 0.335 e. The molecular formula is C10H6NO3. The Labute approximate surface area is 79.9 Å². The molecule has 0 bridgehead atoms. The van der Waals surface area contributed by atoms with Gasteiger partial charge >= 0.3 is 5.97 Å². The first-order chi connectivity index (χ1) is 6.68. The predicted octanol–water partition coefficient (Wildman–Crippen LogP) is 1.33. The second kappa shape index (κ2) is 2.99. The lowest BCUT2D eigenvalue weighted by Crippen LogP contribution is -2.08. The van der Waals surface area contributed by atoms with E-state index in [-0.39, 0.29) is 11.3 Å². The predicted molar refractivity (Wildman–Crippen MR) is 48.7 cm³/mol. The van der Waals surface area contributed by atoms with Gasteiger partial charge in [-0.25, -0.2) is 4.79 Å². The van der Waals surface area contributed by atoms with Crippen LogP contribution in [0.15, 0.2) is 30.5 Å². The molecule has 2 rings (SSSR count). The number of ketones is 1. The van der Waals surface area contributed by atoms with Crippen LogP contribution < -0.4 is 5.32 Å². The highest BCUT2D eigenvalue weighted by atomic mass is 16.4. The number of carboxylic acids is 1. The van der Waals surface area contributed by atoms with Gasteiger partial charge in [0.1, 0.15) is 0 Å². The van der Waals surface area contributed by atoms with E-state index in [1.807, 2.05) is 0 Å². The third-order valence-electron chi connectivity index (χ3n) is 1.95. The lowest BCUT2D eigenvalue weighted by atomic mass is 10.0. The van der Waals surface area contributed by atoms with Crippen molar-refractivity contribution in [2.45, 2.75) is 0 Å². The van der Waals surface area contributed by atoms with Crippen molar-refractivity contribution in [1.29, 1.82) is 0 Å². The first-order valence-corrected chi connectivity index (χ1v) is 3.97. The number of benzene rings is 1. The number of rotatable bonds is 1. The Hall–Kier alpha value is -2.10. The van der Waals surface area contributed by atoms with Gasteiger partial charge in [-0.1, -0.05) is 0 Å². The van der Waals surface area contributed by atoms with Crippen LogP contribution >= 0.6 is 0 Å². The van der Waals surface area contributed by atoms with Gasteiger partial charge in [0.25, 0.3) is 0 Å². The Bertz CT molecular complexity index is 449. The molecule has 0 amide bonds. The van der Waals surface area contributed by atoms with E-state index in [9.17, 15) is 9.59 Å². The van der Waals surface area contributed by atoms with Crippen molar-refractivity contribution in [3.8, 4) is 0 Å². The third kappa shape index (κ3) is 1.26. The van der Waals surface area contributed by atoms with Crippen molar-refractivity contribution >= 4 is 17.4 Å². The maximum atomic E-state index is 11.3. The average Bonchev–Trinajstić information content (AvgIpc) is 2.18. The molecule has 1 aromatic rings. The van der Waals surface area contributed by atoms with E-state index in [1.54, 1.807) is 0 Å². The van der Waals surface area contributed by atoms with Crippen LogP contribution in [0.5, 0.6) is 0 Å². The van der Waals surface area contributed by atoms with Gasteiger partial charge in [-0.15, -0.1) is 0 Å². The van der Waals surface area contributed by atoms with Gasteiger partial charge in [-0.05, 0) is 18.2 Å². The largest absolute Gasteiger partial charge is 0.478 e. The van der Waals surface area contributed by atoms with Gasteiger partial charge in [-0.3, -0.25) is 10.1 Å². The van der Waals surface area contributed by atoms with E-state index >= 15 is 0 Å². The van der Waals surface area contributed by atoms with Gasteiger partial charge in [0.15, 0.2) is 5.78 Å². The van der Waals surface area contributed by atoms with E-state index < -0.39 is 5.97 Å². The van der Waals surface area contributed by atoms with Crippen LogP contribution in [-0.4, -0.2) is 16.9 Å². The topological polar surface area (TPSA) is 68.5 Å². The Morgan fingerprint density at radius 2 is 2.14 bits per heavy atom. The normalized spacial score (nSPS) is 13.3. The highest BCUT2D eigenvalue weighted by Gasteiger charge is 2.15. The molecule has 14 heavy (non-hydrogen) atoms. The van der Waals surface area contributed by atoms with Crippen molar-refractivity contribution in [3.05, 3.63) is 41.6 Å². The summed E-state index contributed by atoms with van der Waals surface area (Å²) in [6, 6.07) is 4.30. The molecule has 4 nitrogen and oxygen atoms in total. The fourth-order valence-electron chi connectivity index (χ4n) is 1.25. The molecule has 0 atom stereocenters. The molecule has 0 unspecified atom stereocenters. The van der Waals surface area contributed by atoms with Gasteiger partial charge in [0.2, 0.25) is 0 Å². The summed E-state index contributed by atoms with van der Waals surface area (Å²) in [5.74, 6) is -1.26. The number of fused-ring (bicyclic) bond motifs is 1. The average molecular weight is 188 g/mol. The van der Waals surface area contributed by atoms with Crippen LogP contribution in [0.25, 0.3) is 0 Å². The summed E-state index contributed by atoms with van der Waals surface area (Å²) in [5, 5.41) is 12.7. The molecule has 4 heteroatoms. The zero-order chi connectivity index (χ0) is 10.1. The molecule has 1 aromatic carbocycles. The molecule has 1 aliphatic rings. The van der Waals surface area contributed by atoms with Crippen molar-refractivity contribution in [2.75, 3.05) is 0 Å². The van der Waals surface area contributed by atoms with Gasteiger partial charge in [-0.2, -0.15) is 0 Å². The van der Waals surface area contributed by atoms with Crippen LogP contribution in [0.1, 0.15) is 20.7 Å². The summed E-state index contributed by atoms with van der Waals surface area (Å²) in [7, 11) is 0. The van der Waals surface area contributed by atoms with Gasteiger partial charge in [0, 0.05) is 17.8 Å². The Morgan fingerprint density at radius 1 is 1.36 bits per heavy atom. The van der Waals surface area contributed by atoms with Crippen molar-refractivity contribution in [2.24, 2.45) is 0 Å². The molecule has 0 saturated heterocycles. The zero-order valence-electron chi connectivity index (χ0n) is 7.10. The number of allylic oxidation sites excluding steroid dienone is 1. The molecule has 1 heterocycles. The summed E-state index contributed by atoms with van der Waals surface area (Å²) in [6.07, 6.45) is 2.72. The second-order valence-electron chi connectivity index (χ2n) is 2.85. The number of hydrogen-bond acceptors (Lipinski definition) is 2. The maximum absolute atomic E-state index is 11.3. The number of carboxylic acid groups (broad SMARTS) is 1. The lowest BCUT2D eigenvalue weighted by Gasteiger charge is -2.09. The summed E-state index contributed by atoms with van der Waals surface area (Å²) in [6.45, 7) is 0. The fourth-order valence-corrected chi connectivity index (χ4v) is 1.25. The zero-order valence-corrected chi connectivity index (χ0v) is 7.10. The van der Waals surface area contributed by atoms with Crippen molar-refractivity contribution < 1.29 is 14.7 Å². The molecule has 69 valence electrons. The molecule has 0 fully saturated rings. The molecular weight excluding hydrogens is 182 g/mol. The summed E-state index contributed by atoms with van der Waals surface area (Å²) in [4.78, 5) is 22.0. The SMILES string of the molecule is O=C(O)c1ccc2c(c1)C(=O)C=C[N]2. The van der Waals surface area contributed by atoms with Crippen molar-refractivity contribution in [1.82, 2.24) is 5.32 Å². The van der Waals surface area contributed by atoms with Crippen LogP contribution in [0.4, 0.5) is 5.69 Å². The standard InChI is InChI=1S/C10H6NO3/c12-9-3-4-11-8-2-1-6(10(13)14)5-7(8)9/h1-5H,(H,13,14). The summed E-state index contributed by atoms with van der Waals surface area (Å²) >= 11 is 0. The summed E-state index contributed by atoms with van der Waals surface area (Å²) in [5.41, 5.74) is 0.956. The monoisotopic (exact) mass is 188 g/mol. The highest BCUT2D eigenvalue weighted by Crippen LogP contribution is 2.21.